The van der Waals surface area contributed by atoms with Gasteiger partial charge in [-0.05, 0) is 0 Å². The van der Waals surface area contributed by atoms with E-state index in [9.17, 15) is 10.2 Å². The van der Waals surface area contributed by atoms with E-state index in [4.69, 9.17) is 14.9 Å². The average Bonchev–Trinajstić information content (AvgIpc) is 2.10. The summed E-state index contributed by atoms with van der Waals surface area (Å²) in [5.74, 6) is 0. The molecular weight excluding hydrogens is 180 g/mol. The highest BCUT2D eigenvalue weighted by molar-refractivity contribution is 4.80. The van der Waals surface area contributed by atoms with Crippen LogP contribution in [0.5, 0.6) is 0 Å². The Morgan fingerprint density at radius 1 is 1.23 bits per heavy atom. The molecule has 4 atom stereocenters. The van der Waals surface area contributed by atoms with E-state index in [1.807, 2.05) is 0 Å². The van der Waals surface area contributed by atoms with Crippen LogP contribution >= 0.6 is 0 Å². The maximum atomic E-state index is 9.28. The van der Waals surface area contributed by atoms with Crippen LogP contribution < -0.4 is 0 Å². The number of rotatable bonds is 3. The summed E-state index contributed by atoms with van der Waals surface area (Å²) >= 11 is 0. The summed E-state index contributed by atoms with van der Waals surface area (Å²) in [6, 6.07) is 0. The zero-order valence-corrected chi connectivity index (χ0v) is 7.04. The number of ether oxygens (including phenoxy) is 2. The van der Waals surface area contributed by atoms with E-state index in [0.29, 0.717) is 0 Å². The predicted octanol–water partition coefficient (Wildman–Crippen LogP) is -2.22. The van der Waals surface area contributed by atoms with Crippen molar-refractivity contribution in [3.05, 3.63) is 0 Å². The minimum Gasteiger partial charge on any atom is -0.394 e. The number of aliphatic hydroxyl groups excluding tert-OH is 4. The van der Waals surface area contributed by atoms with E-state index < -0.39 is 31.4 Å². The van der Waals surface area contributed by atoms with Gasteiger partial charge in [0.2, 0.25) is 0 Å². The lowest BCUT2D eigenvalue weighted by Gasteiger charge is -2.35. The maximum absolute atomic E-state index is 9.28. The van der Waals surface area contributed by atoms with Gasteiger partial charge in [-0.3, -0.25) is 0 Å². The lowest BCUT2D eigenvalue weighted by atomic mass is 10.0. The highest BCUT2D eigenvalue weighted by atomic mass is 16.7. The SMILES string of the molecule is OCOC1OC(CO)C(O)CC1O. The highest BCUT2D eigenvalue weighted by Gasteiger charge is 2.36. The molecular formula is C7H14O6. The average molecular weight is 194 g/mol. The first-order chi connectivity index (χ1) is 6.19. The summed E-state index contributed by atoms with van der Waals surface area (Å²) in [6.07, 6.45) is -3.57. The predicted molar refractivity (Wildman–Crippen MR) is 40.5 cm³/mol. The molecule has 1 saturated heterocycles. The molecule has 0 amide bonds. The van der Waals surface area contributed by atoms with Crippen LogP contribution in [0.25, 0.3) is 0 Å². The van der Waals surface area contributed by atoms with Crippen molar-refractivity contribution in [2.24, 2.45) is 0 Å². The summed E-state index contributed by atoms with van der Waals surface area (Å²) in [5.41, 5.74) is 0. The van der Waals surface area contributed by atoms with Crippen molar-refractivity contribution in [1.82, 2.24) is 0 Å². The first-order valence-electron chi connectivity index (χ1n) is 4.04. The lowest BCUT2D eigenvalue weighted by Crippen LogP contribution is -2.49. The monoisotopic (exact) mass is 194 g/mol. The van der Waals surface area contributed by atoms with Gasteiger partial charge in [-0.15, -0.1) is 0 Å². The third-order valence-electron chi connectivity index (χ3n) is 1.95. The molecule has 6 nitrogen and oxygen atoms in total. The van der Waals surface area contributed by atoms with Crippen LogP contribution in [0.15, 0.2) is 0 Å². The molecule has 0 spiro atoms. The van der Waals surface area contributed by atoms with Gasteiger partial charge in [-0.2, -0.15) is 0 Å². The first kappa shape index (κ1) is 10.8. The van der Waals surface area contributed by atoms with Gasteiger partial charge in [0.1, 0.15) is 19.0 Å². The van der Waals surface area contributed by atoms with Crippen LogP contribution in [-0.2, 0) is 9.47 Å². The fraction of sp³-hybridized carbons (Fsp3) is 1.00. The summed E-state index contributed by atoms with van der Waals surface area (Å²) in [4.78, 5) is 0. The van der Waals surface area contributed by atoms with E-state index in [1.165, 1.54) is 0 Å². The van der Waals surface area contributed by atoms with E-state index in [1.54, 1.807) is 0 Å². The normalized spacial score (nSPS) is 40.6. The molecule has 78 valence electrons. The molecule has 0 aromatic heterocycles. The van der Waals surface area contributed by atoms with Crippen molar-refractivity contribution in [3.8, 4) is 0 Å². The molecule has 0 aromatic rings. The topological polar surface area (TPSA) is 99.4 Å². The first-order valence-corrected chi connectivity index (χ1v) is 4.04. The Morgan fingerprint density at radius 3 is 2.46 bits per heavy atom. The third-order valence-corrected chi connectivity index (χ3v) is 1.95. The van der Waals surface area contributed by atoms with Crippen molar-refractivity contribution in [2.45, 2.75) is 31.0 Å². The number of aliphatic hydroxyl groups is 4. The molecule has 4 N–H and O–H groups in total. The largest absolute Gasteiger partial charge is 0.394 e. The molecule has 1 aliphatic rings. The van der Waals surface area contributed by atoms with Crippen molar-refractivity contribution in [2.75, 3.05) is 13.4 Å². The lowest BCUT2D eigenvalue weighted by molar-refractivity contribution is -0.285. The van der Waals surface area contributed by atoms with Crippen LogP contribution in [-0.4, -0.2) is 58.4 Å². The molecule has 0 aliphatic carbocycles. The third kappa shape index (κ3) is 2.60. The van der Waals surface area contributed by atoms with E-state index >= 15 is 0 Å². The second kappa shape index (κ2) is 4.85. The second-order valence-electron chi connectivity index (χ2n) is 2.89. The van der Waals surface area contributed by atoms with Gasteiger partial charge in [0.05, 0.1) is 12.7 Å². The van der Waals surface area contributed by atoms with E-state index in [-0.39, 0.29) is 13.0 Å². The van der Waals surface area contributed by atoms with Gasteiger partial charge < -0.3 is 29.9 Å². The standard InChI is InChI=1S/C7H14O6/c8-2-6-4(10)1-5(11)7(13-6)12-3-9/h4-11H,1-3H2. The Morgan fingerprint density at radius 2 is 1.92 bits per heavy atom. The Bertz CT molecular complexity index is 152. The van der Waals surface area contributed by atoms with Crippen molar-refractivity contribution < 1.29 is 29.9 Å². The minimum atomic E-state index is -0.982. The Kier molecular flexibility index (Phi) is 4.04. The van der Waals surface area contributed by atoms with Crippen molar-refractivity contribution in [1.29, 1.82) is 0 Å². The molecule has 4 unspecified atom stereocenters. The van der Waals surface area contributed by atoms with E-state index in [2.05, 4.69) is 4.74 Å². The Hall–Kier alpha value is -0.240. The van der Waals surface area contributed by atoms with Crippen LogP contribution in [0.4, 0.5) is 0 Å². The van der Waals surface area contributed by atoms with Crippen LogP contribution in [0.1, 0.15) is 6.42 Å². The zero-order valence-electron chi connectivity index (χ0n) is 7.04. The summed E-state index contributed by atoms with van der Waals surface area (Å²) < 4.78 is 9.60. The molecule has 1 aliphatic heterocycles. The van der Waals surface area contributed by atoms with Crippen LogP contribution in [0.3, 0.4) is 0 Å². The van der Waals surface area contributed by atoms with Gasteiger partial charge in [-0.25, -0.2) is 0 Å². The number of hydrogen-bond donors (Lipinski definition) is 4. The van der Waals surface area contributed by atoms with Crippen molar-refractivity contribution >= 4 is 0 Å². The van der Waals surface area contributed by atoms with Gasteiger partial charge in [-0.1, -0.05) is 0 Å². The van der Waals surface area contributed by atoms with Gasteiger partial charge in [0, 0.05) is 6.42 Å². The Balaban J connectivity index is 2.48. The minimum absolute atomic E-state index is 0.0654. The maximum Gasteiger partial charge on any atom is 0.186 e. The molecule has 1 heterocycles. The molecule has 0 bridgehead atoms. The summed E-state index contributed by atoms with van der Waals surface area (Å²) in [6.45, 7) is -0.921. The van der Waals surface area contributed by atoms with Gasteiger partial charge >= 0.3 is 0 Å². The fourth-order valence-electron chi connectivity index (χ4n) is 1.25. The molecule has 6 heteroatoms. The number of hydrogen-bond acceptors (Lipinski definition) is 6. The molecule has 1 fully saturated rings. The molecule has 13 heavy (non-hydrogen) atoms. The van der Waals surface area contributed by atoms with Gasteiger partial charge in [0.25, 0.3) is 0 Å². The van der Waals surface area contributed by atoms with Crippen LogP contribution in [0.2, 0.25) is 0 Å². The van der Waals surface area contributed by atoms with Crippen LogP contribution in [0, 0.1) is 0 Å². The Labute approximate surface area is 75.3 Å². The molecule has 0 saturated carbocycles. The fourth-order valence-corrected chi connectivity index (χ4v) is 1.25. The summed E-state index contributed by atoms with van der Waals surface area (Å²) in [7, 11) is 0. The van der Waals surface area contributed by atoms with Crippen molar-refractivity contribution in [3.63, 3.8) is 0 Å². The smallest absolute Gasteiger partial charge is 0.186 e. The highest BCUT2D eigenvalue weighted by Crippen LogP contribution is 2.20. The zero-order chi connectivity index (χ0) is 9.84. The molecule has 0 aromatic carbocycles. The molecule has 1 rings (SSSR count). The quantitative estimate of drug-likeness (QED) is 0.380. The summed E-state index contributed by atoms with van der Waals surface area (Å²) in [5, 5.41) is 35.7. The second-order valence-corrected chi connectivity index (χ2v) is 2.89. The molecule has 0 radical (unpaired) electrons. The van der Waals surface area contributed by atoms with E-state index in [0.717, 1.165) is 0 Å². The van der Waals surface area contributed by atoms with Gasteiger partial charge in [0.15, 0.2) is 6.29 Å².